The fraction of sp³-hybridized carbons (Fsp3) is 0.500. The first-order chi connectivity index (χ1) is 10.7. The Bertz CT molecular complexity index is 665. The lowest BCUT2D eigenvalue weighted by molar-refractivity contribution is 0.0676. The van der Waals surface area contributed by atoms with Gasteiger partial charge in [-0.05, 0) is 31.7 Å². The molecule has 2 saturated heterocycles. The molecule has 2 aromatic heterocycles. The second-order valence-corrected chi connectivity index (χ2v) is 7.09. The fourth-order valence-electron chi connectivity index (χ4n) is 3.58. The van der Waals surface area contributed by atoms with E-state index in [1.54, 1.807) is 12.5 Å². The summed E-state index contributed by atoms with van der Waals surface area (Å²) in [6.07, 6.45) is 7.86. The van der Waals surface area contributed by atoms with Crippen LogP contribution in [-0.2, 0) is 0 Å². The first kappa shape index (κ1) is 19.2. The molecule has 4 rings (SSSR count). The number of hydrogen-bond acceptors (Lipinski definition) is 5. The standard InChI is InChI=1S/C16H19N3O2S.2ClH/c1-19(13-6-11-2-3-12(7-13)17-11)16(20)14-9-22-15(18-14)10-4-5-21-8-10;;/h4-5,8-9,11-13,17H,2-3,6-7H2,1H3;2*1H. The Balaban J connectivity index is 0.00000104. The van der Waals surface area contributed by atoms with Crippen LogP contribution in [0.15, 0.2) is 28.4 Å². The van der Waals surface area contributed by atoms with E-state index in [4.69, 9.17) is 4.42 Å². The lowest BCUT2D eigenvalue weighted by Crippen LogP contribution is -2.48. The third-order valence-electron chi connectivity index (χ3n) is 4.81. The van der Waals surface area contributed by atoms with Crippen molar-refractivity contribution in [1.29, 1.82) is 0 Å². The molecule has 132 valence electrons. The first-order valence-corrected chi connectivity index (χ1v) is 8.60. The molecule has 0 saturated carbocycles. The van der Waals surface area contributed by atoms with Gasteiger partial charge in [0.1, 0.15) is 17.0 Å². The molecule has 0 aromatic carbocycles. The smallest absolute Gasteiger partial charge is 0.273 e. The second kappa shape index (κ2) is 7.87. The van der Waals surface area contributed by atoms with Gasteiger partial charge in [-0.1, -0.05) is 0 Å². The van der Waals surface area contributed by atoms with E-state index >= 15 is 0 Å². The highest BCUT2D eigenvalue weighted by Crippen LogP contribution is 2.30. The van der Waals surface area contributed by atoms with Crippen LogP contribution in [-0.4, -0.2) is 41.0 Å². The molecule has 8 heteroatoms. The van der Waals surface area contributed by atoms with Crippen LogP contribution in [0.5, 0.6) is 0 Å². The molecular weight excluding hydrogens is 369 g/mol. The van der Waals surface area contributed by atoms with E-state index in [1.807, 2.05) is 23.4 Å². The molecule has 24 heavy (non-hydrogen) atoms. The van der Waals surface area contributed by atoms with Gasteiger partial charge in [0.25, 0.3) is 5.91 Å². The summed E-state index contributed by atoms with van der Waals surface area (Å²) >= 11 is 1.48. The molecule has 2 unspecified atom stereocenters. The van der Waals surface area contributed by atoms with Crippen molar-refractivity contribution in [3.05, 3.63) is 29.7 Å². The summed E-state index contributed by atoms with van der Waals surface area (Å²) in [6, 6.07) is 3.35. The van der Waals surface area contributed by atoms with Gasteiger partial charge in [0.05, 0.1) is 6.26 Å². The van der Waals surface area contributed by atoms with Crippen LogP contribution in [0.1, 0.15) is 36.2 Å². The van der Waals surface area contributed by atoms with Gasteiger partial charge in [-0.3, -0.25) is 4.79 Å². The number of aromatic nitrogens is 1. The number of nitrogens with one attached hydrogen (secondary N) is 1. The van der Waals surface area contributed by atoms with Crippen molar-refractivity contribution in [1.82, 2.24) is 15.2 Å². The summed E-state index contributed by atoms with van der Waals surface area (Å²) in [5.74, 6) is 0.0253. The molecule has 2 aliphatic heterocycles. The number of amides is 1. The van der Waals surface area contributed by atoms with Crippen molar-refractivity contribution >= 4 is 42.1 Å². The largest absolute Gasteiger partial charge is 0.472 e. The molecule has 2 aliphatic rings. The van der Waals surface area contributed by atoms with Crippen LogP contribution in [0.25, 0.3) is 10.6 Å². The van der Waals surface area contributed by atoms with Crippen molar-refractivity contribution in [2.75, 3.05) is 7.05 Å². The SMILES string of the molecule is CN(C(=O)c1csc(-c2ccoc2)n1)C1CC2CCC(C1)N2.Cl.Cl. The number of furan rings is 1. The van der Waals surface area contributed by atoms with E-state index in [1.165, 1.54) is 24.2 Å². The van der Waals surface area contributed by atoms with Crippen LogP contribution >= 0.6 is 36.2 Å². The van der Waals surface area contributed by atoms with Gasteiger partial charge in [-0.15, -0.1) is 36.2 Å². The molecule has 2 aromatic rings. The zero-order valence-electron chi connectivity index (χ0n) is 13.3. The average molecular weight is 390 g/mol. The van der Waals surface area contributed by atoms with E-state index in [0.717, 1.165) is 23.4 Å². The van der Waals surface area contributed by atoms with E-state index < -0.39 is 0 Å². The summed E-state index contributed by atoms with van der Waals surface area (Å²) in [6.45, 7) is 0. The molecule has 0 spiro atoms. The topological polar surface area (TPSA) is 58.4 Å². The number of carbonyl (C=O) groups excluding carboxylic acids is 1. The molecule has 2 bridgehead atoms. The van der Waals surface area contributed by atoms with Crippen molar-refractivity contribution in [2.45, 2.75) is 43.8 Å². The Morgan fingerprint density at radius 1 is 1.33 bits per heavy atom. The minimum absolute atomic E-state index is 0. The van der Waals surface area contributed by atoms with Crippen LogP contribution in [0, 0.1) is 0 Å². The van der Waals surface area contributed by atoms with E-state index in [2.05, 4.69) is 10.3 Å². The number of rotatable bonds is 3. The minimum Gasteiger partial charge on any atom is -0.472 e. The molecule has 5 nitrogen and oxygen atoms in total. The maximum atomic E-state index is 12.7. The Kier molecular flexibility index (Phi) is 6.31. The Morgan fingerprint density at radius 2 is 2.04 bits per heavy atom. The predicted molar refractivity (Wildman–Crippen MR) is 99.4 cm³/mol. The summed E-state index contributed by atoms with van der Waals surface area (Å²) < 4.78 is 5.08. The highest BCUT2D eigenvalue weighted by molar-refractivity contribution is 7.13. The molecule has 0 aliphatic carbocycles. The molecule has 4 heterocycles. The zero-order valence-corrected chi connectivity index (χ0v) is 15.8. The Labute approximate surface area is 157 Å². The van der Waals surface area contributed by atoms with Crippen molar-refractivity contribution in [3.63, 3.8) is 0 Å². The summed E-state index contributed by atoms with van der Waals surface area (Å²) in [5, 5.41) is 6.29. The van der Waals surface area contributed by atoms with E-state index in [9.17, 15) is 4.79 Å². The summed E-state index contributed by atoms with van der Waals surface area (Å²) in [7, 11) is 1.91. The van der Waals surface area contributed by atoms with E-state index in [-0.39, 0.29) is 30.7 Å². The van der Waals surface area contributed by atoms with Gasteiger partial charge in [-0.2, -0.15) is 0 Å². The van der Waals surface area contributed by atoms with Crippen molar-refractivity contribution in [2.24, 2.45) is 0 Å². The van der Waals surface area contributed by atoms with Crippen LogP contribution in [0.4, 0.5) is 0 Å². The molecule has 2 fully saturated rings. The predicted octanol–water partition coefficient (Wildman–Crippen LogP) is 3.60. The average Bonchev–Trinajstić information content (AvgIpc) is 3.25. The van der Waals surface area contributed by atoms with Gasteiger partial charge >= 0.3 is 0 Å². The molecular formula is C16H21Cl2N3O2S. The van der Waals surface area contributed by atoms with Gasteiger partial charge in [-0.25, -0.2) is 4.98 Å². The highest BCUT2D eigenvalue weighted by Gasteiger charge is 2.36. The van der Waals surface area contributed by atoms with Gasteiger partial charge in [0, 0.05) is 36.1 Å². The Hall–Kier alpha value is -1.08. The lowest BCUT2D eigenvalue weighted by Gasteiger charge is -2.35. The zero-order chi connectivity index (χ0) is 15.1. The fourth-order valence-corrected chi connectivity index (χ4v) is 4.36. The van der Waals surface area contributed by atoms with Gasteiger partial charge in [0.2, 0.25) is 0 Å². The van der Waals surface area contributed by atoms with E-state index in [0.29, 0.717) is 23.8 Å². The van der Waals surface area contributed by atoms with Crippen LogP contribution in [0.3, 0.4) is 0 Å². The number of carbonyl (C=O) groups is 1. The second-order valence-electron chi connectivity index (χ2n) is 6.23. The Morgan fingerprint density at radius 3 is 2.67 bits per heavy atom. The molecule has 1 amide bonds. The van der Waals surface area contributed by atoms with Crippen molar-refractivity contribution < 1.29 is 9.21 Å². The molecule has 2 atom stereocenters. The normalized spacial score (nSPS) is 24.8. The number of hydrogen-bond donors (Lipinski definition) is 1. The summed E-state index contributed by atoms with van der Waals surface area (Å²) in [5.41, 5.74) is 1.46. The minimum atomic E-state index is 0. The quantitative estimate of drug-likeness (QED) is 0.870. The maximum Gasteiger partial charge on any atom is 0.273 e. The third kappa shape index (κ3) is 3.61. The number of halogens is 2. The molecule has 1 N–H and O–H groups in total. The highest BCUT2D eigenvalue weighted by atomic mass is 35.5. The molecule has 0 radical (unpaired) electrons. The van der Waals surface area contributed by atoms with Crippen LogP contribution in [0.2, 0.25) is 0 Å². The number of fused-ring (bicyclic) bond motifs is 2. The third-order valence-corrected chi connectivity index (χ3v) is 5.70. The number of nitrogens with zero attached hydrogens (tertiary/aromatic N) is 2. The van der Waals surface area contributed by atoms with Crippen molar-refractivity contribution in [3.8, 4) is 10.6 Å². The maximum absolute atomic E-state index is 12.7. The summed E-state index contributed by atoms with van der Waals surface area (Å²) in [4.78, 5) is 19.0. The number of thiazole rings is 1. The monoisotopic (exact) mass is 389 g/mol. The first-order valence-electron chi connectivity index (χ1n) is 7.72. The van der Waals surface area contributed by atoms with Gasteiger partial charge < -0.3 is 14.6 Å². The number of piperidine rings is 1. The van der Waals surface area contributed by atoms with Crippen LogP contribution < -0.4 is 5.32 Å². The van der Waals surface area contributed by atoms with Gasteiger partial charge in [0.15, 0.2) is 0 Å². The lowest BCUT2D eigenvalue weighted by atomic mass is 9.98.